The van der Waals surface area contributed by atoms with Crippen LogP contribution >= 0.6 is 0 Å². The van der Waals surface area contributed by atoms with E-state index < -0.39 is 0 Å². The van der Waals surface area contributed by atoms with E-state index in [4.69, 9.17) is 0 Å². The molecule has 0 amide bonds. The highest BCUT2D eigenvalue weighted by Crippen LogP contribution is 2.32. The molecule has 0 radical (unpaired) electrons. The van der Waals surface area contributed by atoms with E-state index >= 15 is 0 Å². The fourth-order valence-corrected chi connectivity index (χ4v) is 2.88. The van der Waals surface area contributed by atoms with Gasteiger partial charge in [0.1, 0.15) is 0 Å². The maximum absolute atomic E-state index is 2.51. The Bertz CT molecular complexity index is 436. The van der Waals surface area contributed by atoms with Crippen molar-refractivity contribution in [1.82, 2.24) is 4.90 Å². The summed E-state index contributed by atoms with van der Waals surface area (Å²) in [7, 11) is 0. The van der Waals surface area contributed by atoms with Gasteiger partial charge in [-0.05, 0) is 56.8 Å². The number of nitrogens with zero attached hydrogens (tertiary/aromatic N) is 1. The zero-order chi connectivity index (χ0) is 12.9. The first-order chi connectivity index (χ1) is 9.45. The second-order valence-corrected chi connectivity index (χ2v) is 5.21. The number of hydrogen-bond acceptors (Lipinski definition) is 1. The Morgan fingerprint density at radius 1 is 0.579 bits per heavy atom. The normalized spacial score (nSPS) is 21.8. The Balaban J connectivity index is 1.95. The minimum atomic E-state index is 1.15. The lowest BCUT2D eigenvalue weighted by atomic mass is 10.0. The van der Waals surface area contributed by atoms with Crippen molar-refractivity contribution in [3.05, 3.63) is 71.8 Å². The van der Waals surface area contributed by atoms with E-state index in [-0.39, 0.29) is 0 Å². The zero-order valence-electron chi connectivity index (χ0n) is 11.4. The second kappa shape index (κ2) is 5.92. The molecule has 0 aromatic rings. The van der Waals surface area contributed by atoms with Gasteiger partial charge in [-0.1, -0.05) is 36.5 Å². The van der Waals surface area contributed by atoms with Crippen LogP contribution in [0.5, 0.6) is 0 Å². The molecule has 19 heavy (non-hydrogen) atoms. The highest BCUT2D eigenvalue weighted by Gasteiger charge is 2.19. The highest BCUT2D eigenvalue weighted by atomic mass is 15.2. The molecule has 0 bridgehead atoms. The monoisotopic (exact) mass is 251 g/mol. The summed E-state index contributed by atoms with van der Waals surface area (Å²) in [6.07, 6.45) is 27.1. The van der Waals surface area contributed by atoms with E-state index in [9.17, 15) is 0 Å². The maximum Gasteiger partial charge on any atom is 0.0229 e. The zero-order valence-corrected chi connectivity index (χ0v) is 11.4. The minimum absolute atomic E-state index is 1.15. The van der Waals surface area contributed by atoms with Crippen molar-refractivity contribution in [2.24, 2.45) is 0 Å². The van der Waals surface area contributed by atoms with Gasteiger partial charge >= 0.3 is 0 Å². The average Bonchev–Trinajstić information content (AvgIpc) is 2.51. The van der Waals surface area contributed by atoms with E-state index in [0.717, 1.165) is 38.5 Å². The van der Waals surface area contributed by atoms with Gasteiger partial charge in [-0.3, -0.25) is 0 Å². The Labute approximate surface area is 116 Å². The van der Waals surface area contributed by atoms with Crippen molar-refractivity contribution >= 4 is 0 Å². The molecule has 0 aromatic carbocycles. The first kappa shape index (κ1) is 12.3. The first-order valence-corrected chi connectivity index (χ1v) is 7.32. The molecule has 3 aliphatic carbocycles. The van der Waals surface area contributed by atoms with Crippen LogP contribution in [-0.4, -0.2) is 4.90 Å². The SMILES string of the molecule is C1=CCCC(N(C2=CC=CCC2)C2=CC=CCC2)=C1. The van der Waals surface area contributed by atoms with Gasteiger partial charge in [-0.25, -0.2) is 0 Å². The van der Waals surface area contributed by atoms with Crippen molar-refractivity contribution in [2.45, 2.75) is 38.5 Å². The molecule has 3 rings (SSSR count). The molecule has 0 atom stereocenters. The first-order valence-electron chi connectivity index (χ1n) is 7.32. The average molecular weight is 251 g/mol. The lowest BCUT2D eigenvalue weighted by molar-refractivity contribution is 0.457. The topological polar surface area (TPSA) is 3.24 Å². The smallest absolute Gasteiger partial charge is 0.0229 e. The Morgan fingerprint density at radius 3 is 1.21 bits per heavy atom. The minimum Gasteiger partial charge on any atom is -0.322 e. The number of allylic oxidation sites excluding steroid dienone is 12. The summed E-state index contributed by atoms with van der Waals surface area (Å²) >= 11 is 0. The van der Waals surface area contributed by atoms with Crippen LogP contribution in [0.25, 0.3) is 0 Å². The summed E-state index contributed by atoms with van der Waals surface area (Å²) in [4.78, 5) is 2.51. The largest absolute Gasteiger partial charge is 0.322 e. The molecule has 0 heterocycles. The third-order valence-corrected chi connectivity index (χ3v) is 3.84. The molecule has 0 saturated carbocycles. The van der Waals surface area contributed by atoms with Crippen molar-refractivity contribution in [2.75, 3.05) is 0 Å². The fraction of sp³-hybridized carbons (Fsp3) is 0.333. The summed E-state index contributed by atoms with van der Waals surface area (Å²) in [5.41, 5.74) is 4.35. The summed E-state index contributed by atoms with van der Waals surface area (Å²) in [6, 6.07) is 0. The summed E-state index contributed by atoms with van der Waals surface area (Å²) in [5.74, 6) is 0. The predicted molar refractivity (Wildman–Crippen MR) is 81.2 cm³/mol. The van der Waals surface area contributed by atoms with Gasteiger partial charge in [-0.2, -0.15) is 0 Å². The summed E-state index contributed by atoms with van der Waals surface area (Å²) < 4.78 is 0. The third-order valence-electron chi connectivity index (χ3n) is 3.84. The predicted octanol–water partition coefficient (Wildman–Crippen LogP) is 4.99. The molecule has 0 aliphatic heterocycles. The van der Waals surface area contributed by atoms with Gasteiger partial charge in [-0.15, -0.1) is 0 Å². The van der Waals surface area contributed by atoms with Crippen LogP contribution in [0.1, 0.15) is 38.5 Å². The number of rotatable bonds is 3. The molecule has 0 N–H and O–H groups in total. The van der Waals surface area contributed by atoms with Gasteiger partial charge in [0.25, 0.3) is 0 Å². The van der Waals surface area contributed by atoms with Crippen LogP contribution in [-0.2, 0) is 0 Å². The van der Waals surface area contributed by atoms with E-state index in [1.165, 1.54) is 17.1 Å². The van der Waals surface area contributed by atoms with Gasteiger partial charge in [0, 0.05) is 17.1 Å². The van der Waals surface area contributed by atoms with Gasteiger partial charge in [0.2, 0.25) is 0 Å². The molecule has 0 saturated heterocycles. The van der Waals surface area contributed by atoms with Crippen molar-refractivity contribution in [1.29, 1.82) is 0 Å². The number of hydrogen-bond donors (Lipinski definition) is 0. The van der Waals surface area contributed by atoms with Crippen LogP contribution in [0.15, 0.2) is 71.8 Å². The molecule has 1 heteroatoms. The molecular formula is C18H21N. The highest BCUT2D eigenvalue weighted by molar-refractivity contribution is 5.33. The standard InChI is InChI=1S/C18H21N/c1-4-10-16(11-5-1)19(17-12-6-2-7-13-17)18-14-8-3-9-15-18/h1-4,6,8,10,12,14H,5,7,9,11,13,15H2. The summed E-state index contributed by atoms with van der Waals surface area (Å²) in [5, 5.41) is 0. The maximum atomic E-state index is 2.51. The van der Waals surface area contributed by atoms with Crippen molar-refractivity contribution in [3.63, 3.8) is 0 Å². The molecule has 98 valence electrons. The van der Waals surface area contributed by atoms with E-state index in [2.05, 4.69) is 59.6 Å². The molecular weight excluding hydrogens is 230 g/mol. The van der Waals surface area contributed by atoms with Crippen LogP contribution in [0.4, 0.5) is 0 Å². The third kappa shape index (κ3) is 2.81. The Kier molecular flexibility index (Phi) is 3.83. The van der Waals surface area contributed by atoms with Gasteiger partial charge in [0.05, 0.1) is 0 Å². The fourth-order valence-electron chi connectivity index (χ4n) is 2.88. The van der Waals surface area contributed by atoms with Crippen LogP contribution in [0.3, 0.4) is 0 Å². The molecule has 0 aromatic heterocycles. The van der Waals surface area contributed by atoms with Gasteiger partial charge < -0.3 is 4.90 Å². The van der Waals surface area contributed by atoms with Crippen molar-refractivity contribution < 1.29 is 0 Å². The van der Waals surface area contributed by atoms with E-state index in [1.54, 1.807) is 0 Å². The molecule has 1 nitrogen and oxygen atoms in total. The lowest BCUT2D eigenvalue weighted by Gasteiger charge is -2.34. The van der Waals surface area contributed by atoms with Crippen LogP contribution in [0.2, 0.25) is 0 Å². The lowest BCUT2D eigenvalue weighted by Crippen LogP contribution is -2.23. The van der Waals surface area contributed by atoms with Crippen molar-refractivity contribution in [3.8, 4) is 0 Å². The van der Waals surface area contributed by atoms with E-state index in [1.807, 2.05) is 0 Å². The van der Waals surface area contributed by atoms with E-state index in [0.29, 0.717) is 0 Å². The quantitative estimate of drug-likeness (QED) is 0.683. The molecule has 0 spiro atoms. The Morgan fingerprint density at radius 2 is 0.947 bits per heavy atom. The second-order valence-electron chi connectivity index (χ2n) is 5.21. The molecule has 0 fully saturated rings. The molecule has 3 aliphatic rings. The van der Waals surface area contributed by atoms with Crippen LogP contribution < -0.4 is 0 Å². The molecule has 0 unspecified atom stereocenters. The Hall–Kier alpha value is -1.76. The van der Waals surface area contributed by atoms with Crippen LogP contribution in [0, 0.1) is 0 Å². The summed E-state index contributed by atoms with van der Waals surface area (Å²) in [6.45, 7) is 0. The van der Waals surface area contributed by atoms with Gasteiger partial charge in [0.15, 0.2) is 0 Å².